The highest BCUT2D eigenvalue weighted by molar-refractivity contribution is 5.72. The van der Waals surface area contributed by atoms with Gasteiger partial charge in [0, 0.05) is 12.0 Å². The summed E-state index contributed by atoms with van der Waals surface area (Å²) in [5.74, 6) is -0.0431. The van der Waals surface area contributed by atoms with E-state index in [0.717, 1.165) is 0 Å². The van der Waals surface area contributed by atoms with Crippen LogP contribution in [0.1, 0.15) is 12.8 Å². The molecule has 4 nitrogen and oxygen atoms in total. The van der Waals surface area contributed by atoms with Gasteiger partial charge in [0.05, 0.1) is 6.42 Å². The molecular weight excluding hydrogens is 146 g/mol. The lowest BCUT2D eigenvalue weighted by Gasteiger charge is -2.13. The molecule has 0 aromatic carbocycles. The Balaban J connectivity index is 2.13. The van der Waals surface area contributed by atoms with E-state index in [-0.39, 0.29) is 24.0 Å². The predicted octanol–water partition coefficient (Wildman–Crippen LogP) is -0.990. The largest absolute Gasteiger partial charge is 0.459 e. The normalized spacial score (nSPS) is 49.1. The zero-order valence-electron chi connectivity index (χ0n) is 6.06. The van der Waals surface area contributed by atoms with Crippen LogP contribution in [0.25, 0.3) is 0 Å². The van der Waals surface area contributed by atoms with Gasteiger partial charge in [0.15, 0.2) is 0 Å². The van der Waals surface area contributed by atoms with Crippen LogP contribution < -0.4 is 5.73 Å². The summed E-state index contributed by atoms with van der Waals surface area (Å²) < 4.78 is 4.90. The van der Waals surface area contributed by atoms with Crippen molar-refractivity contribution in [2.45, 2.75) is 31.1 Å². The molecule has 2 aliphatic rings. The Morgan fingerprint density at radius 2 is 2.36 bits per heavy atom. The summed E-state index contributed by atoms with van der Waals surface area (Å²) in [6.07, 6.45) is 0.163. The fraction of sp³-hybridized carbons (Fsp3) is 0.857. The van der Waals surface area contributed by atoms with Crippen molar-refractivity contribution in [3.8, 4) is 0 Å². The fourth-order valence-corrected chi connectivity index (χ4v) is 1.93. The Labute approximate surface area is 64.3 Å². The molecule has 0 unspecified atom stereocenters. The number of nitrogens with two attached hydrogens (primary N) is 1. The van der Waals surface area contributed by atoms with Crippen molar-refractivity contribution >= 4 is 5.97 Å². The number of rotatable bonds is 0. The average molecular weight is 157 g/mol. The van der Waals surface area contributed by atoms with E-state index in [0.29, 0.717) is 12.8 Å². The number of hydrogen-bond donors (Lipinski definition) is 2. The van der Waals surface area contributed by atoms with Crippen molar-refractivity contribution in [3.05, 3.63) is 0 Å². The van der Waals surface area contributed by atoms with Crippen LogP contribution in [-0.2, 0) is 9.53 Å². The molecule has 0 aromatic heterocycles. The highest BCUT2D eigenvalue weighted by atomic mass is 16.6. The molecule has 11 heavy (non-hydrogen) atoms. The smallest absolute Gasteiger partial charge is 0.306 e. The molecule has 2 fully saturated rings. The molecule has 1 saturated carbocycles. The first-order chi connectivity index (χ1) is 5.18. The van der Waals surface area contributed by atoms with Crippen LogP contribution in [0, 0.1) is 5.92 Å². The van der Waals surface area contributed by atoms with Crippen molar-refractivity contribution < 1.29 is 14.6 Å². The molecule has 0 radical (unpaired) electrons. The summed E-state index contributed by atoms with van der Waals surface area (Å²) >= 11 is 0. The Morgan fingerprint density at radius 3 is 3.00 bits per heavy atom. The first-order valence-corrected chi connectivity index (χ1v) is 3.81. The Morgan fingerprint density at radius 1 is 1.64 bits per heavy atom. The molecule has 62 valence electrons. The summed E-state index contributed by atoms with van der Waals surface area (Å²) in [4.78, 5) is 10.7. The van der Waals surface area contributed by atoms with Crippen LogP contribution in [0.5, 0.6) is 0 Å². The lowest BCUT2D eigenvalue weighted by atomic mass is 10.0. The van der Waals surface area contributed by atoms with E-state index in [1.165, 1.54) is 0 Å². The van der Waals surface area contributed by atoms with E-state index in [2.05, 4.69) is 0 Å². The van der Waals surface area contributed by atoms with E-state index < -0.39 is 6.10 Å². The highest BCUT2D eigenvalue weighted by Crippen LogP contribution is 2.35. The maximum absolute atomic E-state index is 10.7. The van der Waals surface area contributed by atoms with Crippen molar-refractivity contribution in [1.29, 1.82) is 0 Å². The van der Waals surface area contributed by atoms with Crippen LogP contribution >= 0.6 is 0 Å². The Kier molecular flexibility index (Phi) is 1.40. The number of fused-ring (bicyclic) bond motifs is 1. The minimum absolute atomic E-state index is 0.160. The van der Waals surface area contributed by atoms with Gasteiger partial charge in [-0.1, -0.05) is 0 Å². The molecule has 1 aliphatic heterocycles. The molecule has 0 spiro atoms. The molecular formula is C7H11NO3. The summed E-state index contributed by atoms with van der Waals surface area (Å²) in [6, 6.07) is -0.210. The first kappa shape index (κ1) is 7.06. The molecule has 4 heteroatoms. The molecule has 0 aromatic rings. The molecule has 0 amide bonds. The Bertz CT molecular complexity index is 194. The third-order valence-electron chi connectivity index (χ3n) is 2.51. The van der Waals surface area contributed by atoms with E-state index >= 15 is 0 Å². The van der Waals surface area contributed by atoms with Crippen LogP contribution in [-0.4, -0.2) is 29.3 Å². The molecule has 1 heterocycles. The van der Waals surface area contributed by atoms with Gasteiger partial charge in [-0.05, 0) is 6.42 Å². The second-order valence-electron chi connectivity index (χ2n) is 3.31. The standard InChI is InChI=1S/C7H11NO3/c8-4-1-3-2-5(9)11-7(3)6(4)10/h3-4,6-7,10H,1-2,8H2/t3-,4+,6+,7+/m0/s1. The summed E-state index contributed by atoms with van der Waals surface area (Å²) in [6.45, 7) is 0. The predicted molar refractivity (Wildman–Crippen MR) is 36.6 cm³/mol. The molecule has 1 aliphatic carbocycles. The summed E-state index contributed by atoms with van der Waals surface area (Å²) in [5, 5.41) is 9.38. The second-order valence-corrected chi connectivity index (χ2v) is 3.31. The number of ether oxygens (including phenoxy) is 1. The molecule has 2 rings (SSSR count). The maximum Gasteiger partial charge on any atom is 0.306 e. The maximum atomic E-state index is 10.7. The van der Waals surface area contributed by atoms with Crippen molar-refractivity contribution in [2.24, 2.45) is 11.7 Å². The van der Waals surface area contributed by atoms with E-state index in [4.69, 9.17) is 10.5 Å². The van der Waals surface area contributed by atoms with Gasteiger partial charge in [-0.15, -0.1) is 0 Å². The minimum atomic E-state index is -0.647. The number of aliphatic hydroxyl groups is 1. The quantitative estimate of drug-likeness (QED) is 0.443. The van der Waals surface area contributed by atoms with Gasteiger partial charge in [0.1, 0.15) is 12.2 Å². The fourth-order valence-electron chi connectivity index (χ4n) is 1.93. The first-order valence-electron chi connectivity index (χ1n) is 3.81. The van der Waals surface area contributed by atoms with Gasteiger partial charge >= 0.3 is 5.97 Å². The van der Waals surface area contributed by atoms with E-state index in [9.17, 15) is 9.90 Å². The SMILES string of the molecule is N[C@@H]1C[C@H]2CC(=O)O[C@H]2[C@@H]1O. The van der Waals surface area contributed by atoms with Gasteiger partial charge < -0.3 is 15.6 Å². The highest BCUT2D eigenvalue weighted by Gasteiger charge is 2.48. The average Bonchev–Trinajstić information content (AvgIpc) is 2.37. The summed E-state index contributed by atoms with van der Waals surface area (Å²) in [5.41, 5.74) is 5.57. The lowest BCUT2D eigenvalue weighted by Crippen LogP contribution is -2.36. The number of carbonyl (C=O) groups is 1. The monoisotopic (exact) mass is 157 g/mol. The van der Waals surface area contributed by atoms with Gasteiger partial charge in [-0.25, -0.2) is 0 Å². The zero-order valence-corrected chi connectivity index (χ0v) is 6.06. The molecule has 4 atom stereocenters. The van der Waals surface area contributed by atoms with Crippen molar-refractivity contribution in [3.63, 3.8) is 0 Å². The van der Waals surface area contributed by atoms with Crippen molar-refractivity contribution in [1.82, 2.24) is 0 Å². The van der Waals surface area contributed by atoms with E-state index in [1.807, 2.05) is 0 Å². The topological polar surface area (TPSA) is 72.6 Å². The number of carbonyl (C=O) groups excluding carboxylic acids is 1. The van der Waals surface area contributed by atoms with Crippen LogP contribution in [0.2, 0.25) is 0 Å². The van der Waals surface area contributed by atoms with Gasteiger partial charge in [-0.3, -0.25) is 4.79 Å². The van der Waals surface area contributed by atoms with Gasteiger partial charge in [0.2, 0.25) is 0 Å². The molecule has 0 bridgehead atoms. The molecule has 1 saturated heterocycles. The van der Waals surface area contributed by atoms with E-state index in [1.54, 1.807) is 0 Å². The third-order valence-corrected chi connectivity index (χ3v) is 2.51. The molecule has 3 N–H and O–H groups in total. The van der Waals surface area contributed by atoms with Crippen molar-refractivity contribution in [2.75, 3.05) is 0 Å². The second kappa shape index (κ2) is 2.19. The lowest BCUT2D eigenvalue weighted by molar-refractivity contribution is -0.145. The number of hydrogen-bond acceptors (Lipinski definition) is 4. The number of aliphatic hydroxyl groups excluding tert-OH is 1. The van der Waals surface area contributed by atoms with Crippen LogP contribution in [0.15, 0.2) is 0 Å². The summed E-state index contributed by atoms with van der Waals surface area (Å²) in [7, 11) is 0. The van der Waals surface area contributed by atoms with Gasteiger partial charge in [0.25, 0.3) is 0 Å². The van der Waals surface area contributed by atoms with Gasteiger partial charge in [-0.2, -0.15) is 0 Å². The van der Waals surface area contributed by atoms with Crippen LogP contribution in [0.4, 0.5) is 0 Å². The minimum Gasteiger partial charge on any atom is -0.459 e. The van der Waals surface area contributed by atoms with Crippen LogP contribution in [0.3, 0.4) is 0 Å². The Hall–Kier alpha value is -0.610. The third kappa shape index (κ3) is 0.937. The number of esters is 1. The zero-order chi connectivity index (χ0) is 8.01.